The lowest BCUT2D eigenvalue weighted by atomic mass is 10.1. The van der Waals surface area contributed by atoms with E-state index in [2.05, 4.69) is 10.3 Å². The molecule has 0 saturated heterocycles. The highest BCUT2D eigenvalue weighted by molar-refractivity contribution is 5.47. The number of aryl methyl sites for hydroxylation is 1. The minimum absolute atomic E-state index is 0.116. The number of hydrogen-bond acceptors (Lipinski definition) is 5. The number of aromatic nitrogens is 3. The Morgan fingerprint density at radius 1 is 1.25 bits per heavy atom. The molecule has 6 nitrogen and oxygen atoms in total. The second-order valence-corrected chi connectivity index (χ2v) is 4.76. The average molecular weight is 276 g/mol. The van der Waals surface area contributed by atoms with Crippen LogP contribution in [0.1, 0.15) is 29.8 Å². The summed E-state index contributed by atoms with van der Waals surface area (Å²) in [4.78, 5) is 0. The molecule has 6 heteroatoms. The smallest absolute Gasteiger partial charge is 0.161 e. The number of nitrogens with zero attached hydrogens (tertiary/aromatic N) is 3. The first kappa shape index (κ1) is 14.3. The second kappa shape index (κ2) is 5.92. The summed E-state index contributed by atoms with van der Waals surface area (Å²) in [6, 6.07) is 3.80. The largest absolute Gasteiger partial charge is 0.493 e. The summed E-state index contributed by atoms with van der Waals surface area (Å²) < 4.78 is 12.4. The maximum absolute atomic E-state index is 5.78. The van der Waals surface area contributed by atoms with Crippen molar-refractivity contribution in [2.75, 3.05) is 14.2 Å². The first-order valence-corrected chi connectivity index (χ1v) is 6.42. The predicted octanol–water partition coefficient (Wildman–Crippen LogP) is 1.67. The molecule has 1 heterocycles. The zero-order chi connectivity index (χ0) is 14.7. The molecule has 2 rings (SSSR count). The SMILES string of the molecule is COc1cc(C)c(Cn2cc(C(C)N)nn2)cc1OC. The Kier molecular flexibility index (Phi) is 4.24. The summed E-state index contributed by atoms with van der Waals surface area (Å²) in [5, 5.41) is 8.14. The van der Waals surface area contributed by atoms with Gasteiger partial charge in [-0.3, -0.25) is 0 Å². The number of ether oxygens (including phenoxy) is 2. The number of methoxy groups -OCH3 is 2. The standard InChI is InChI=1S/C14H20N4O2/c1-9-5-13(19-3)14(20-4)6-11(9)7-18-8-12(10(2)15)16-17-18/h5-6,8,10H,7,15H2,1-4H3. The Balaban J connectivity index is 2.28. The van der Waals surface area contributed by atoms with Crippen LogP contribution in [-0.2, 0) is 6.54 Å². The van der Waals surface area contributed by atoms with E-state index in [-0.39, 0.29) is 6.04 Å². The molecule has 0 amide bonds. The van der Waals surface area contributed by atoms with Crippen molar-refractivity contribution in [1.82, 2.24) is 15.0 Å². The van der Waals surface area contributed by atoms with Crippen molar-refractivity contribution < 1.29 is 9.47 Å². The summed E-state index contributed by atoms with van der Waals surface area (Å²) in [6.45, 7) is 4.53. The van der Waals surface area contributed by atoms with Gasteiger partial charge >= 0.3 is 0 Å². The van der Waals surface area contributed by atoms with Crippen LogP contribution < -0.4 is 15.2 Å². The molecule has 0 spiro atoms. The molecule has 0 aliphatic heterocycles. The van der Waals surface area contributed by atoms with Crippen LogP contribution in [0.3, 0.4) is 0 Å². The van der Waals surface area contributed by atoms with Crippen molar-refractivity contribution in [3.05, 3.63) is 35.2 Å². The van der Waals surface area contributed by atoms with Gasteiger partial charge in [0.2, 0.25) is 0 Å². The van der Waals surface area contributed by atoms with Crippen molar-refractivity contribution in [2.45, 2.75) is 26.4 Å². The van der Waals surface area contributed by atoms with Crippen LogP contribution in [0.5, 0.6) is 11.5 Å². The van der Waals surface area contributed by atoms with E-state index in [1.807, 2.05) is 32.2 Å². The maximum atomic E-state index is 5.78. The van der Waals surface area contributed by atoms with Gasteiger partial charge in [0.25, 0.3) is 0 Å². The van der Waals surface area contributed by atoms with E-state index in [1.165, 1.54) is 0 Å². The van der Waals surface area contributed by atoms with Gasteiger partial charge < -0.3 is 15.2 Å². The molecule has 1 aromatic carbocycles. The number of hydrogen-bond donors (Lipinski definition) is 1. The summed E-state index contributed by atoms with van der Waals surface area (Å²) in [7, 11) is 3.25. The predicted molar refractivity (Wildman–Crippen MR) is 76.0 cm³/mol. The molecule has 1 unspecified atom stereocenters. The summed E-state index contributed by atoms with van der Waals surface area (Å²) in [6.07, 6.45) is 1.86. The molecule has 0 bridgehead atoms. The fourth-order valence-corrected chi connectivity index (χ4v) is 1.97. The van der Waals surface area contributed by atoms with Crippen LogP contribution in [-0.4, -0.2) is 29.2 Å². The minimum Gasteiger partial charge on any atom is -0.493 e. The third-order valence-electron chi connectivity index (χ3n) is 3.20. The van der Waals surface area contributed by atoms with E-state index in [1.54, 1.807) is 18.9 Å². The van der Waals surface area contributed by atoms with Gasteiger partial charge in [0.15, 0.2) is 11.5 Å². The van der Waals surface area contributed by atoms with Crippen molar-refractivity contribution in [3.8, 4) is 11.5 Å². The van der Waals surface area contributed by atoms with Crippen molar-refractivity contribution >= 4 is 0 Å². The molecular formula is C14H20N4O2. The normalized spacial score (nSPS) is 12.2. The van der Waals surface area contributed by atoms with Gasteiger partial charge in [0.1, 0.15) is 0 Å². The number of rotatable bonds is 5. The molecule has 0 fully saturated rings. The van der Waals surface area contributed by atoms with E-state index in [9.17, 15) is 0 Å². The van der Waals surface area contributed by atoms with Gasteiger partial charge in [-0.2, -0.15) is 0 Å². The topological polar surface area (TPSA) is 75.2 Å². The molecule has 0 aliphatic carbocycles. The number of benzene rings is 1. The third-order valence-corrected chi connectivity index (χ3v) is 3.20. The fourth-order valence-electron chi connectivity index (χ4n) is 1.97. The monoisotopic (exact) mass is 276 g/mol. The van der Waals surface area contributed by atoms with Crippen LogP contribution in [0.2, 0.25) is 0 Å². The average Bonchev–Trinajstić information content (AvgIpc) is 2.89. The van der Waals surface area contributed by atoms with Gasteiger partial charge in [-0.1, -0.05) is 5.21 Å². The van der Waals surface area contributed by atoms with Crippen LogP contribution in [0.4, 0.5) is 0 Å². The fraction of sp³-hybridized carbons (Fsp3) is 0.429. The number of nitrogens with two attached hydrogens (primary N) is 1. The molecule has 2 N–H and O–H groups in total. The zero-order valence-electron chi connectivity index (χ0n) is 12.3. The molecule has 0 saturated carbocycles. The van der Waals surface area contributed by atoms with E-state index >= 15 is 0 Å². The molecule has 108 valence electrons. The summed E-state index contributed by atoms with van der Waals surface area (Å²) in [5.41, 5.74) is 8.77. The highest BCUT2D eigenvalue weighted by atomic mass is 16.5. The van der Waals surface area contributed by atoms with Crippen molar-refractivity contribution in [1.29, 1.82) is 0 Å². The molecular weight excluding hydrogens is 256 g/mol. The second-order valence-electron chi connectivity index (χ2n) is 4.76. The van der Waals surface area contributed by atoms with Gasteiger partial charge in [0, 0.05) is 6.04 Å². The Labute approximate surface area is 118 Å². The maximum Gasteiger partial charge on any atom is 0.161 e. The van der Waals surface area contributed by atoms with Crippen LogP contribution in [0.25, 0.3) is 0 Å². The Morgan fingerprint density at radius 3 is 2.45 bits per heavy atom. The molecule has 0 radical (unpaired) electrons. The Bertz CT molecular complexity index is 593. The lowest BCUT2D eigenvalue weighted by molar-refractivity contribution is 0.354. The first-order chi connectivity index (χ1) is 9.55. The van der Waals surface area contributed by atoms with Crippen LogP contribution >= 0.6 is 0 Å². The molecule has 1 atom stereocenters. The van der Waals surface area contributed by atoms with E-state index in [0.29, 0.717) is 12.3 Å². The van der Waals surface area contributed by atoms with E-state index < -0.39 is 0 Å². The summed E-state index contributed by atoms with van der Waals surface area (Å²) in [5.74, 6) is 1.43. The first-order valence-electron chi connectivity index (χ1n) is 6.42. The molecule has 1 aromatic heterocycles. The van der Waals surface area contributed by atoms with E-state index in [4.69, 9.17) is 15.2 Å². The Hall–Kier alpha value is -2.08. The lowest BCUT2D eigenvalue weighted by Crippen LogP contribution is -2.05. The Morgan fingerprint density at radius 2 is 1.90 bits per heavy atom. The lowest BCUT2D eigenvalue weighted by Gasteiger charge is -2.12. The van der Waals surface area contributed by atoms with E-state index in [0.717, 1.165) is 22.6 Å². The van der Waals surface area contributed by atoms with Gasteiger partial charge in [0.05, 0.1) is 32.7 Å². The van der Waals surface area contributed by atoms with Crippen LogP contribution in [0, 0.1) is 6.92 Å². The molecule has 2 aromatic rings. The molecule has 0 aliphatic rings. The zero-order valence-corrected chi connectivity index (χ0v) is 12.3. The minimum atomic E-state index is -0.116. The highest BCUT2D eigenvalue weighted by Crippen LogP contribution is 2.30. The summed E-state index contributed by atoms with van der Waals surface area (Å²) >= 11 is 0. The third kappa shape index (κ3) is 2.91. The van der Waals surface area contributed by atoms with Crippen molar-refractivity contribution in [3.63, 3.8) is 0 Å². The van der Waals surface area contributed by atoms with Crippen LogP contribution in [0.15, 0.2) is 18.3 Å². The van der Waals surface area contributed by atoms with Gasteiger partial charge in [-0.15, -0.1) is 5.10 Å². The highest BCUT2D eigenvalue weighted by Gasteiger charge is 2.11. The quantitative estimate of drug-likeness (QED) is 0.899. The van der Waals surface area contributed by atoms with Gasteiger partial charge in [-0.05, 0) is 37.1 Å². The van der Waals surface area contributed by atoms with Gasteiger partial charge in [-0.25, -0.2) is 4.68 Å². The molecule has 20 heavy (non-hydrogen) atoms. The van der Waals surface area contributed by atoms with Crippen molar-refractivity contribution in [2.24, 2.45) is 5.73 Å².